The monoisotopic (exact) mass is 253 g/mol. The zero-order valence-electron chi connectivity index (χ0n) is 10.1. The van der Waals surface area contributed by atoms with Gasteiger partial charge in [0.05, 0.1) is 13.2 Å². The van der Waals surface area contributed by atoms with Crippen LogP contribution in [0.25, 0.3) is 0 Å². The predicted molar refractivity (Wildman–Crippen MR) is 64.7 cm³/mol. The standard InChI is InChI=1S/C12H15NO3S/c1-9(2)10-4-5-12(11(8-10)16-3)17(14,15)7-6-13/h4-5,8-9H,7H2,1-3H3. The molecule has 0 aromatic heterocycles. The molecule has 0 spiro atoms. The molecule has 0 aliphatic heterocycles. The van der Waals surface area contributed by atoms with Crippen LogP contribution in [-0.4, -0.2) is 21.3 Å². The van der Waals surface area contributed by atoms with Crippen molar-refractivity contribution >= 4 is 9.84 Å². The molecule has 17 heavy (non-hydrogen) atoms. The molecule has 5 heteroatoms. The lowest BCUT2D eigenvalue weighted by molar-refractivity contribution is 0.402. The van der Waals surface area contributed by atoms with Crippen molar-refractivity contribution in [3.8, 4) is 11.8 Å². The Labute approximate surface area is 102 Å². The molecule has 0 N–H and O–H groups in total. The van der Waals surface area contributed by atoms with E-state index in [1.165, 1.54) is 13.2 Å². The van der Waals surface area contributed by atoms with Gasteiger partial charge in [0.2, 0.25) is 0 Å². The zero-order valence-corrected chi connectivity index (χ0v) is 10.9. The van der Waals surface area contributed by atoms with Crippen molar-refractivity contribution in [1.29, 1.82) is 5.26 Å². The normalized spacial score (nSPS) is 11.2. The highest BCUT2D eigenvalue weighted by molar-refractivity contribution is 7.91. The summed E-state index contributed by atoms with van der Waals surface area (Å²) in [7, 11) is -2.16. The molecule has 0 bridgehead atoms. The van der Waals surface area contributed by atoms with Gasteiger partial charge in [-0.05, 0) is 23.6 Å². The Balaban J connectivity index is 3.33. The molecular weight excluding hydrogens is 238 g/mol. The van der Waals surface area contributed by atoms with Crippen LogP contribution in [0, 0.1) is 11.3 Å². The minimum absolute atomic E-state index is 0.0750. The molecule has 0 fully saturated rings. The first kappa shape index (κ1) is 13.5. The molecule has 0 aliphatic rings. The van der Waals surface area contributed by atoms with Gasteiger partial charge in [0, 0.05) is 0 Å². The smallest absolute Gasteiger partial charge is 0.195 e. The third-order valence-corrected chi connectivity index (χ3v) is 3.96. The van der Waals surface area contributed by atoms with Crippen LogP contribution in [0.4, 0.5) is 0 Å². The predicted octanol–water partition coefficient (Wildman–Crippen LogP) is 2.12. The van der Waals surface area contributed by atoms with E-state index >= 15 is 0 Å². The highest BCUT2D eigenvalue weighted by Crippen LogP contribution is 2.28. The third-order valence-electron chi connectivity index (χ3n) is 2.44. The van der Waals surface area contributed by atoms with Gasteiger partial charge in [-0.15, -0.1) is 0 Å². The molecule has 0 unspecified atom stereocenters. The van der Waals surface area contributed by atoms with E-state index < -0.39 is 15.6 Å². The SMILES string of the molecule is COc1cc(C(C)C)ccc1S(=O)(=O)CC#N. The second-order valence-corrected chi connectivity index (χ2v) is 5.94. The molecule has 4 nitrogen and oxygen atoms in total. The first-order chi connectivity index (χ1) is 7.92. The maximum absolute atomic E-state index is 11.8. The van der Waals surface area contributed by atoms with Crippen molar-refractivity contribution < 1.29 is 13.2 Å². The van der Waals surface area contributed by atoms with Crippen molar-refractivity contribution in [2.24, 2.45) is 0 Å². The minimum atomic E-state index is -3.58. The average Bonchev–Trinajstić information content (AvgIpc) is 2.28. The number of nitriles is 1. The molecule has 0 saturated carbocycles. The van der Waals surface area contributed by atoms with Crippen LogP contribution >= 0.6 is 0 Å². The number of rotatable bonds is 4. The quantitative estimate of drug-likeness (QED) is 0.824. The molecule has 0 radical (unpaired) electrons. The van der Waals surface area contributed by atoms with Crippen molar-refractivity contribution in [2.45, 2.75) is 24.7 Å². The molecule has 1 aromatic rings. The number of nitrogens with zero attached hydrogens (tertiary/aromatic N) is 1. The number of hydrogen-bond donors (Lipinski definition) is 0. The second kappa shape index (κ2) is 5.19. The molecule has 1 rings (SSSR count). The lowest BCUT2D eigenvalue weighted by atomic mass is 10.0. The second-order valence-electron chi connectivity index (χ2n) is 3.98. The van der Waals surface area contributed by atoms with Crippen LogP contribution in [0.2, 0.25) is 0 Å². The summed E-state index contributed by atoms with van der Waals surface area (Å²) in [6, 6.07) is 6.60. The van der Waals surface area contributed by atoms with Crippen molar-refractivity contribution in [3.63, 3.8) is 0 Å². The third kappa shape index (κ3) is 2.98. The maximum atomic E-state index is 11.8. The van der Waals surface area contributed by atoms with Crippen LogP contribution in [0.3, 0.4) is 0 Å². The molecule has 0 atom stereocenters. The molecular formula is C12H15NO3S. The fourth-order valence-electron chi connectivity index (χ4n) is 1.46. The first-order valence-electron chi connectivity index (χ1n) is 5.20. The maximum Gasteiger partial charge on any atom is 0.195 e. The Hall–Kier alpha value is -1.54. The highest BCUT2D eigenvalue weighted by Gasteiger charge is 2.19. The minimum Gasteiger partial charge on any atom is -0.495 e. The van der Waals surface area contributed by atoms with Crippen LogP contribution in [-0.2, 0) is 9.84 Å². The van der Waals surface area contributed by atoms with Gasteiger partial charge in [0.1, 0.15) is 16.4 Å². The highest BCUT2D eigenvalue weighted by atomic mass is 32.2. The molecule has 0 heterocycles. The van der Waals surface area contributed by atoms with Crippen LogP contribution in [0.1, 0.15) is 25.3 Å². The van der Waals surface area contributed by atoms with Crippen molar-refractivity contribution in [1.82, 2.24) is 0 Å². The molecule has 0 amide bonds. The van der Waals surface area contributed by atoms with E-state index in [0.717, 1.165) is 5.56 Å². The summed E-state index contributed by atoms with van der Waals surface area (Å²) in [5.74, 6) is 0.0489. The summed E-state index contributed by atoms with van der Waals surface area (Å²) < 4.78 is 28.7. The van der Waals surface area contributed by atoms with E-state index in [1.54, 1.807) is 18.2 Å². The van der Waals surface area contributed by atoms with E-state index in [-0.39, 0.29) is 10.8 Å². The largest absolute Gasteiger partial charge is 0.495 e. The van der Waals surface area contributed by atoms with E-state index in [0.29, 0.717) is 5.75 Å². The van der Waals surface area contributed by atoms with Gasteiger partial charge in [-0.2, -0.15) is 5.26 Å². The average molecular weight is 253 g/mol. The Morgan fingerprint density at radius 1 is 1.41 bits per heavy atom. The number of hydrogen-bond acceptors (Lipinski definition) is 4. The molecule has 1 aromatic carbocycles. The Morgan fingerprint density at radius 2 is 2.06 bits per heavy atom. The summed E-state index contributed by atoms with van der Waals surface area (Å²) in [5, 5.41) is 8.50. The van der Waals surface area contributed by atoms with Crippen LogP contribution in [0.5, 0.6) is 5.75 Å². The molecule has 0 aliphatic carbocycles. The fourth-order valence-corrected chi connectivity index (χ4v) is 2.51. The van der Waals surface area contributed by atoms with E-state index in [4.69, 9.17) is 10.00 Å². The Morgan fingerprint density at radius 3 is 2.53 bits per heavy atom. The first-order valence-corrected chi connectivity index (χ1v) is 6.85. The fraction of sp³-hybridized carbons (Fsp3) is 0.417. The topological polar surface area (TPSA) is 67.2 Å². The van der Waals surface area contributed by atoms with Gasteiger partial charge in [-0.1, -0.05) is 19.9 Å². The lowest BCUT2D eigenvalue weighted by Gasteiger charge is -2.11. The van der Waals surface area contributed by atoms with Gasteiger partial charge < -0.3 is 4.74 Å². The van der Waals surface area contributed by atoms with Gasteiger partial charge in [-0.3, -0.25) is 0 Å². The van der Waals surface area contributed by atoms with Gasteiger partial charge in [0.15, 0.2) is 9.84 Å². The van der Waals surface area contributed by atoms with Gasteiger partial charge in [0.25, 0.3) is 0 Å². The van der Waals surface area contributed by atoms with E-state index in [2.05, 4.69) is 0 Å². The number of benzene rings is 1. The lowest BCUT2D eigenvalue weighted by Crippen LogP contribution is -2.07. The van der Waals surface area contributed by atoms with Crippen LogP contribution < -0.4 is 4.74 Å². The number of ether oxygens (including phenoxy) is 1. The molecule has 0 saturated heterocycles. The Bertz CT molecular complexity index is 541. The van der Waals surface area contributed by atoms with Gasteiger partial charge >= 0.3 is 0 Å². The van der Waals surface area contributed by atoms with Crippen molar-refractivity contribution in [2.75, 3.05) is 12.9 Å². The zero-order chi connectivity index (χ0) is 13.1. The summed E-state index contributed by atoms with van der Waals surface area (Å²) in [6.07, 6.45) is 0. The van der Waals surface area contributed by atoms with E-state index in [1.807, 2.05) is 13.8 Å². The summed E-state index contributed by atoms with van der Waals surface area (Å²) in [6.45, 7) is 4.02. The van der Waals surface area contributed by atoms with Crippen LogP contribution in [0.15, 0.2) is 23.1 Å². The molecule has 92 valence electrons. The van der Waals surface area contributed by atoms with Gasteiger partial charge in [-0.25, -0.2) is 8.42 Å². The Kier molecular flexibility index (Phi) is 4.13. The van der Waals surface area contributed by atoms with Crippen molar-refractivity contribution in [3.05, 3.63) is 23.8 Å². The summed E-state index contributed by atoms with van der Waals surface area (Å²) >= 11 is 0. The summed E-state index contributed by atoms with van der Waals surface area (Å²) in [4.78, 5) is 0.0750. The summed E-state index contributed by atoms with van der Waals surface area (Å²) in [5.41, 5.74) is 0.998. The number of sulfone groups is 1. The van der Waals surface area contributed by atoms with E-state index in [9.17, 15) is 8.42 Å². The number of methoxy groups -OCH3 is 1.